The van der Waals surface area contributed by atoms with Crippen molar-refractivity contribution >= 4 is 23.2 Å². The summed E-state index contributed by atoms with van der Waals surface area (Å²) in [4.78, 5) is 28.1. The van der Waals surface area contributed by atoms with E-state index >= 15 is 0 Å². The van der Waals surface area contributed by atoms with Crippen LogP contribution in [0.2, 0.25) is 0 Å². The molecule has 7 nitrogen and oxygen atoms in total. The fourth-order valence-corrected chi connectivity index (χ4v) is 4.86. The molecule has 2 bridgehead atoms. The smallest absolute Gasteiger partial charge is 0.234 e. The van der Waals surface area contributed by atoms with Crippen molar-refractivity contribution in [3.63, 3.8) is 0 Å². The van der Waals surface area contributed by atoms with Crippen LogP contribution in [-0.2, 0) is 14.3 Å². The molecule has 4 aliphatic heterocycles. The Hall–Kier alpha value is -3.39. The van der Waals surface area contributed by atoms with Gasteiger partial charge in [-0.25, -0.2) is 4.39 Å². The number of ether oxygens (including phenoxy) is 3. The molecule has 6 rings (SSSR count). The van der Waals surface area contributed by atoms with E-state index < -0.39 is 29.4 Å². The van der Waals surface area contributed by atoms with Gasteiger partial charge in [-0.15, -0.1) is 0 Å². The second kappa shape index (κ2) is 6.06. The predicted octanol–water partition coefficient (Wildman–Crippen LogP) is 2.48. The van der Waals surface area contributed by atoms with Crippen LogP contribution >= 0.6 is 0 Å². The van der Waals surface area contributed by atoms with Gasteiger partial charge in [0.1, 0.15) is 11.4 Å². The SMILES string of the molecule is O=C(Nc1cccc(F)c1)[C@@H]1[C@H]2C(=O)N(c3ccc4c(c3)OCO4)C[C@@]23C=C[C@H]1O3. The number of benzene rings is 2. The van der Waals surface area contributed by atoms with Crippen molar-refractivity contribution in [1.29, 1.82) is 0 Å². The zero-order valence-corrected chi connectivity index (χ0v) is 15.7. The van der Waals surface area contributed by atoms with E-state index in [9.17, 15) is 14.0 Å². The third-order valence-corrected chi connectivity index (χ3v) is 6.16. The van der Waals surface area contributed by atoms with Gasteiger partial charge < -0.3 is 24.4 Å². The van der Waals surface area contributed by atoms with Gasteiger partial charge >= 0.3 is 0 Å². The average Bonchev–Trinajstić information content (AvgIpc) is 3.48. The second-order valence-electron chi connectivity index (χ2n) is 7.86. The van der Waals surface area contributed by atoms with Crippen LogP contribution in [0.3, 0.4) is 0 Å². The molecular weight excluding hydrogens is 391 g/mol. The minimum atomic E-state index is -0.845. The molecule has 4 aliphatic rings. The van der Waals surface area contributed by atoms with Gasteiger partial charge in [-0.3, -0.25) is 9.59 Å². The number of carbonyl (C=O) groups excluding carboxylic acids is 2. The molecule has 2 aromatic carbocycles. The number of fused-ring (bicyclic) bond motifs is 2. The predicted molar refractivity (Wildman–Crippen MR) is 104 cm³/mol. The van der Waals surface area contributed by atoms with E-state index in [0.29, 0.717) is 29.4 Å². The maximum atomic E-state index is 13.5. The topological polar surface area (TPSA) is 77.1 Å². The molecule has 2 saturated heterocycles. The first-order valence-electron chi connectivity index (χ1n) is 9.69. The Morgan fingerprint density at radius 2 is 2.03 bits per heavy atom. The molecule has 0 unspecified atom stereocenters. The highest BCUT2D eigenvalue weighted by Gasteiger charge is 2.67. The Bertz CT molecular complexity index is 1120. The third kappa shape index (κ3) is 2.40. The van der Waals surface area contributed by atoms with Crippen LogP contribution in [0.1, 0.15) is 0 Å². The summed E-state index contributed by atoms with van der Waals surface area (Å²) < 4.78 is 30.4. The molecule has 2 amide bonds. The van der Waals surface area contributed by atoms with E-state index in [2.05, 4.69) is 5.32 Å². The Labute approximate surface area is 171 Å². The van der Waals surface area contributed by atoms with Crippen molar-refractivity contribution in [3.8, 4) is 11.5 Å². The van der Waals surface area contributed by atoms with E-state index in [4.69, 9.17) is 14.2 Å². The van der Waals surface area contributed by atoms with Crippen LogP contribution in [0.5, 0.6) is 11.5 Å². The maximum absolute atomic E-state index is 13.5. The molecule has 1 N–H and O–H groups in total. The number of anilines is 2. The van der Waals surface area contributed by atoms with Crippen LogP contribution in [0.25, 0.3) is 0 Å². The van der Waals surface area contributed by atoms with Crippen molar-refractivity contribution in [2.75, 3.05) is 23.6 Å². The van der Waals surface area contributed by atoms with Gasteiger partial charge in [-0.2, -0.15) is 0 Å². The zero-order chi connectivity index (χ0) is 20.5. The molecule has 152 valence electrons. The average molecular weight is 408 g/mol. The van der Waals surface area contributed by atoms with Crippen LogP contribution in [-0.4, -0.2) is 36.9 Å². The molecule has 0 radical (unpaired) electrons. The van der Waals surface area contributed by atoms with Gasteiger partial charge in [0.05, 0.1) is 24.5 Å². The molecule has 0 saturated carbocycles. The van der Waals surface area contributed by atoms with E-state index in [1.54, 1.807) is 29.2 Å². The molecule has 30 heavy (non-hydrogen) atoms. The fourth-order valence-electron chi connectivity index (χ4n) is 4.86. The first-order chi connectivity index (χ1) is 14.5. The minimum Gasteiger partial charge on any atom is -0.454 e. The van der Waals surface area contributed by atoms with E-state index in [-0.39, 0.29) is 18.6 Å². The number of nitrogens with one attached hydrogen (secondary N) is 1. The van der Waals surface area contributed by atoms with Gasteiger partial charge in [0.2, 0.25) is 18.6 Å². The van der Waals surface area contributed by atoms with Gasteiger partial charge in [0.15, 0.2) is 11.5 Å². The van der Waals surface area contributed by atoms with Crippen LogP contribution in [0.4, 0.5) is 15.8 Å². The summed E-state index contributed by atoms with van der Waals surface area (Å²) in [5.74, 6) is -1.11. The van der Waals surface area contributed by atoms with Crippen LogP contribution in [0.15, 0.2) is 54.6 Å². The third-order valence-electron chi connectivity index (χ3n) is 6.16. The number of nitrogens with zero attached hydrogens (tertiary/aromatic N) is 1. The molecule has 0 aliphatic carbocycles. The van der Waals surface area contributed by atoms with Crippen molar-refractivity contribution in [2.45, 2.75) is 11.7 Å². The number of rotatable bonds is 3. The van der Waals surface area contributed by atoms with Crippen molar-refractivity contribution in [3.05, 3.63) is 60.4 Å². The van der Waals surface area contributed by atoms with E-state index in [1.807, 2.05) is 12.2 Å². The summed E-state index contributed by atoms with van der Waals surface area (Å²) in [6, 6.07) is 11.0. The maximum Gasteiger partial charge on any atom is 0.234 e. The highest BCUT2D eigenvalue weighted by molar-refractivity contribution is 6.05. The minimum absolute atomic E-state index is 0.148. The molecule has 2 aromatic rings. The lowest BCUT2D eigenvalue weighted by atomic mass is 9.77. The van der Waals surface area contributed by atoms with E-state index in [1.165, 1.54) is 18.2 Å². The molecular formula is C22H17FN2O5. The summed E-state index contributed by atoms with van der Waals surface area (Å²) in [5.41, 5.74) is 0.166. The highest BCUT2D eigenvalue weighted by Crippen LogP contribution is 2.53. The van der Waals surface area contributed by atoms with Gasteiger partial charge in [-0.1, -0.05) is 18.2 Å². The Kier molecular flexibility index (Phi) is 3.53. The standard InChI is InChI=1S/C22H17FN2O5/c23-12-2-1-3-13(8-12)24-20(26)18-16-6-7-22(30-16)10-25(21(27)19(18)22)14-4-5-15-17(9-14)29-11-28-15/h1-9,16,18-19H,10-11H2,(H,24,26)/t16-,18+,19+,22+/m1/s1. The number of carbonyl (C=O) groups is 2. The quantitative estimate of drug-likeness (QED) is 0.790. The number of amides is 2. The largest absolute Gasteiger partial charge is 0.454 e. The number of hydrogen-bond acceptors (Lipinski definition) is 5. The van der Waals surface area contributed by atoms with E-state index in [0.717, 1.165) is 0 Å². The monoisotopic (exact) mass is 408 g/mol. The summed E-state index contributed by atoms with van der Waals surface area (Å²) in [6.45, 7) is 0.460. The zero-order valence-electron chi connectivity index (χ0n) is 15.7. The first kappa shape index (κ1) is 17.5. The van der Waals surface area contributed by atoms with Crippen molar-refractivity contribution < 1.29 is 28.2 Å². The molecule has 0 aromatic heterocycles. The van der Waals surface area contributed by atoms with Crippen LogP contribution < -0.4 is 19.7 Å². The summed E-state index contributed by atoms with van der Waals surface area (Å²) >= 11 is 0. The van der Waals surface area contributed by atoms with Gasteiger partial charge in [0, 0.05) is 17.4 Å². The summed E-state index contributed by atoms with van der Waals surface area (Å²) in [5, 5.41) is 2.73. The normalized spacial score (nSPS) is 30.1. The first-order valence-corrected chi connectivity index (χ1v) is 9.69. The lowest BCUT2D eigenvalue weighted by molar-refractivity contribution is -0.128. The summed E-state index contributed by atoms with van der Waals surface area (Å²) in [7, 11) is 0. The Balaban J connectivity index is 1.30. The van der Waals surface area contributed by atoms with Crippen molar-refractivity contribution in [2.24, 2.45) is 11.8 Å². The molecule has 4 heterocycles. The number of halogens is 1. The molecule has 2 fully saturated rings. The summed E-state index contributed by atoms with van der Waals surface area (Å²) in [6.07, 6.45) is 3.24. The second-order valence-corrected chi connectivity index (χ2v) is 7.86. The lowest BCUT2D eigenvalue weighted by Crippen LogP contribution is -2.41. The molecule has 4 atom stereocenters. The Morgan fingerprint density at radius 1 is 1.17 bits per heavy atom. The van der Waals surface area contributed by atoms with Gasteiger partial charge in [-0.05, 0) is 30.3 Å². The Morgan fingerprint density at radius 3 is 2.90 bits per heavy atom. The van der Waals surface area contributed by atoms with Crippen LogP contribution in [0, 0.1) is 17.7 Å². The lowest BCUT2D eigenvalue weighted by Gasteiger charge is -2.23. The number of hydrogen-bond donors (Lipinski definition) is 1. The van der Waals surface area contributed by atoms with Crippen molar-refractivity contribution in [1.82, 2.24) is 0 Å². The highest BCUT2D eigenvalue weighted by atomic mass is 19.1. The molecule has 8 heteroatoms. The molecule has 1 spiro atoms. The fraction of sp³-hybridized carbons (Fsp3) is 0.273. The van der Waals surface area contributed by atoms with Gasteiger partial charge in [0.25, 0.3) is 0 Å².